The zero-order valence-electron chi connectivity index (χ0n) is 10.3. The Labute approximate surface area is 101 Å². The molecule has 0 bridgehead atoms. The summed E-state index contributed by atoms with van der Waals surface area (Å²) in [4.78, 5) is 14.2. The second kappa shape index (κ2) is 4.87. The Morgan fingerprint density at radius 1 is 1.65 bits per heavy atom. The highest BCUT2D eigenvalue weighted by Crippen LogP contribution is 2.23. The van der Waals surface area contributed by atoms with Crippen LogP contribution in [0.3, 0.4) is 0 Å². The monoisotopic (exact) mass is 237 g/mol. The first-order valence-corrected chi connectivity index (χ1v) is 6.05. The third kappa shape index (κ3) is 2.34. The minimum absolute atomic E-state index is 0.00870. The number of nitrogens with two attached hydrogens (primary N) is 1. The number of rotatable bonds is 2. The van der Waals surface area contributed by atoms with Gasteiger partial charge in [-0.15, -0.1) is 0 Å². The molecule has 1 aromatic heterocycles. The molecule has 1 amide bonds. The first-order valence-electron chi connectivity index (χ1n) is 6.05. The molecule has 17 heavy (non-hydrogen) atoms. The minimum Gasteiger partial charge on any atom is -0.361 e. The number of amides is 1. The number of likely N-dealkylation sites (tertiary alicyclic amines) is 1. The van der Waals surface area contributed by atoms with Crippen LogP contribution in [0.1, 0.15) is 35.9 Å². The van der Waals surface area contributed by atoms with Gasteiger partial charge in [-0.05, 0) is 39.2 Å². The molecule has 5 nitrogen and oxygen atoms in total. The third-order valence-electron chi connectivity index (χ3n) is 3.55. The van der Waals surface area contributed by atoms with Crippen molar-refractivity contribution in [1.82, 2.24) is 10.1 Å². The Morgan fingerprint density at radius 2 is 2.41 bits per heavy atom. The fraction of sp³-hybridized carbons (Fsp3) is 0.667. The number of aryl methyl sites for hydroxylation is 1. The Kier molecular flexibility index (Phi) is 3.47. The highest BCUT2D eigenvalue weighted by atomic mass is 16.5. The average Bonchev–Trinajstić information content (AvgIpc) is 2.75. The first kappa shape index (κ1) is 12.1. The summed E-state index contributed by atoms with van der Waals surface area (Å²) in [7, 11) is 0. The molecule has 1 fully saturated rings. The van der Waals surface area contributed by atoms with Crippen LogP contribution in [0.15, 0.2) is 10.7 Å². The van der Waals surface area contributed by atoms with E-state index < -0.39 is 0 Å². The van der Waals surface area contributed by atoms with Gasteiger partial charge in [0.2, 0.25) is 0 Å². The molecule has 1 aliphatic rings. The highest BCUT2D eigenvalue weighted by Gasteiger charge is 2.30. The van der Waals surface area contributed by atoms with E-state index in [0.717, 1.165) is 19.4 Å². The summed E-state index contributed by atoms with van der Waals surface area (Å²) < 4.78 is 4.94. The van der Waals surface area contributed by atoms with Gasteiger partial charge in [-0.1, -0.05) is 5.16 Å². The maximum absolute atomic E-state index is 12.3. The number of hydrogen-bond donors (Lipinski definition) is 1. The van der Waals surface area contributed by atoms with Gasteiger partial charge in [-0.3, -0.25) is 4.79 Å². The summed E-state index contributed by atoms with van der Waals surface area (Å²) in [5.41, 5.74) is 6.26. The van der Waals surface area contributed by atoms with Crippen molar-refractivity contribution in [2.75, 3.05) is 13.1 Å². The summed E-state index contributed by atoms with van der Waals surface area (Å²) in [6.07, 6.45) is 3.61. The summed E-state index contributed by atoms with van der Waals surface area (Å²) in [5.74, 6) is 1.00. The number of carbonyl (C=O) groups is 1. The molecule has 0 saturated carbocycles. The molecule has 0 spiro atoms. The summed E-state index contributed by atoms with van der Waals surface area (Å²) >= 11 is 0. The molecule has 2 rings (SSSR count). The lowest BCUT2D eigenvalue weighted by atomic mass is 9.93. The number of aromatic nitrogens is 1. The average molecular weight is 237 g/mol. The molecule has 1 aliphatic heterocycles. The lowest BCUT2D eigenvalue weighted by Gasteiger charge is -2.37. The van der Waals surface area contributed by atoms with E-state index >= 15 is 0 Å². The van der Waals surface area contributed by atoms with Gasteiger partial charge < -0.3 is 15.2 Å². The van der Waals surface area contributed by atoms with Crippen molar-refractivity contribution < 1.29 is 9.32 Å². The number of carbonyl (C=O) groups excluding carboxylic acids is 1. The van der Waals surface area contributed by atoms with Gasteiger partial charge in [0.25, 0.3) is 5.91 Å². The van der Waals surface area contributed by atoms with Gasteiger partial charge in [0.15, 0.2) is 0 Å². The normalized spacial score (nSPS) is 25.0. The second-order valence-electron chi connectivity index (χ2n) is 4.78. The molecule has 0 aliphatic carbocycles. The van der Waals surface area contributed by atoms with Crippen LogP contribution in [0.25, 0.3) is 0 Å². The maximum atomic E-state index is 12.3. The Bertz CT molecular complexity index is 402. The van der Waals surface area contributed by atoms with E-state index in [4.69, 9.17) is 10.3 Å². The molecule has 1 saturated heterocycles. The zero-order chi connectivity index (χ0) is 12.4. The van der Waals surface area contributed by atoms with Crippen molar-refractivity contribution in [3.63, 3.8) is 0 Å². The summed E-state index contributed by atoms with van der Waals surface area (Å²) in [6, 6.07) is 0.264. The Balaban J connectivity index is 2.15. The number of nitrogens with zero attached hydrogens (tertiary/aromatic N) is 2. The van der Waals surface area contributed by atoms with E-state index in [2.05, 4.69) is 12.1 Å². The minimum atomic E-state index is 0.00870. The van der Waals surface area contributed by atoms with Crippen molar-refractivity contribution in [2.45, 2.75) is 32.7 Å². The molecule has 5 heteroatoms. The van der Waals surface area contributed by atoms with Crippen molar-refractivity contribution in [3.05, 3.63) is 17.5 Å². The van der Waals surface area contributed by atoms with Crippen molar-refractivity contribution in [3.8, 4) is 0 Å². The predicted molar refractivity (Wildman–Crippen MR) is 63.5 cm³/mol. The maximum Gasteiger partial charge on any atom is 0.259 e. The highest BCUT2D eigenvalue weighted by molar-refractivity contribution is 5.95. The van der Waals surface area contributed by atoms with Crippen LogP contribution in [0, 0.1) is 12.8 Å². The van der Waals surface area contributed by atoms with Crippen LogP contribution >= 0.6 is 0 Å². The largest absolute Gasteiger partial charge is 0.361 e. The van der Waals surface area contributed by atoms with E-state index in [-0.39, 0.29) is 11.9 Å². The van der Waals surface area contributed by atoms with Gasteiger partial charge in [-0.25, -0.2) is 0 Å². The van der Waals surface area contributed by atoms with E-state index in [1.54, 1.807) is 6.92 Å². The predicted octanol–water partition coefficient (Wildman–Crippen LogP) is 1.18. The van der Waals surface area contributed by atoms with Crippen LogP contribution < -0.4 is 5.73 Å². The second-order valence-corrected chi connectivity index (χ2v) is 4.78. The van der Waals surface area contributed by atoms with Gasteiger partial charge in [0.05, 0.1) is 6.20 Å². The van der Waals surface area contributed by atoms with Crippen LogP contribution in [0.4, 0.5) is 0 Å². The topological polar surface area (TPSA) is 72.4 Å². The van der Waals surface area contributed by atoms with E-state index in [1.165, 1.54) is 6.20 Å². The smallest absolute Gasteiger partial charge is 0.259 e. The van der Waals surface area contributed by atoms with Gasteiger partial charge >= 0.3 is 0 Å². The lowest BCUT2D eigenvalue weighted by Crippen LogP contribution is -2.47. The number of piperidine rings is 1. The summed E-state index contributed by atoms with van der Waals surface area (Å²) in [6.45, 7) is 5.21. The number of hydrogen-bond acceptors (Lipinski definition) is 4. The van der Waals surface area contributed by atoms with Crippen molar-refractivity contribution in [2.24, 2.45) is 11.7 Å². The van der Waals surface area contributed by atoms with Crippen LogP contribution in [0.2, 0.25) is 0 Å². The quantitative estimate of drug-likeness (QED) is 0.838. The molecule has 0 radical (unpaired) electrons. The zero-order valence-corrected chi connectivity index (χ0v) is 10.3. The summed E-state index contributed by atoms with van der Waals surface area (Å²) in [5, 5.41) is 3.65. The van der Waals surface area contributed by atoms with Gasteiger partial charge in [0, 0.05) is 12.6 Å². The van der Waals surface area contributed by atoms with Crippen LogP contribution in [0.5, 0.6) is 0 Å². The third-order valence-corrected chi connectivity index (χ3v) is 3.55. The van der Waals surface area contributed by atoms with Crippen molar-refractivity contribution in [1.29, 1.82) is 0 Å². The standard InChI is InChI=1S/C12H19N3O2/c1-8-3-4-10(5-13)7-15(8)12(16)11-6-14-17-9(11)2/h6,8,10H,3-5,7,13H2,1-2H3. The van der Waals surface area contributed by atoms with Crippen molar-refractivity contribution >= 4 is 5.91 Å². The fourth-order valence-electron chi connectivity index (χ4n) is 2.32. The van der Waals surface area contributed by atoms with E-state index in [1.807, 2.05) is 4.90 Å². The van der Waals surface area contributed by atoms with Crippen LogP contribution in [-0.4, -0.2) is 35.1 Å². The molecule has 2 N–H and O–H groups in total. The van der Waals surface area contributed by atoms with Gasteiger partial charge in [-0.2, -0.15) is 0 Å². The van der Waals surface area contributed by atoms with E-state index in [0.29, 0.717) is 23.8 Å². The molecular weight excluding hydrogens is 218 g/mol. The van der Waals surface area contributed by atoms with Crippen LogP contribution in [-0.2, 0) is 0 Å². The lowest BCUT2D eigenvalue weighted by molar-refractivity contribution is 0.0565. The Hall–Kier alpha value is -1.36. The molecule has 94 valence electrons. The first-order chi connectivity index (χ1) is 8.13. The molecule has 2 atom stereocenters. The fourth-order valence-corrected chi connectivity index (χ4v) is 2.32. The molecule has 0 aromatic carbocycles. The molecule has 1 aromatic rings. The SMILES string of the molecule is Cc1oncc1C(=O)N1CC(CN)CCC1C. The molecule has 2 heterocycles. The van der Waals surface area contributed by atoms with E-state index in [9.17, 15) is 4.79 Å². The molecule has 2 unspecified atom stereocenters. The Morgan fingerprint density at radius 3 is 3.00 bits per heavy atom. The van der Waals surface area contributed by atoms with Gasteiger partial charge in [0.1, 0.15) is 11.3 Å². The molecular formula is C12H19N3O2.